The summed E-state index contributed by atoms with van der Waals surface area (Å²) < 4.78 is 11.0. The summed E-state index contributed by atoms with van der Waals surface area (Å²) in [5.41, 5.74) is 3.35. The summed E-state index contributed by atoms with van der Waals surface area (Å²) in [6.45, 7) is 4.36. The Bertz CT molecular complexity index is 960. The summed E-state index contributed by atoms with van der Waals surface area (Å²) in [7, 11) is 0. The third-order valence-corrected chi connectivity index (χ3v) is 6.45. The molecule has 0 radical (unpaired) electrons. The molecule has 4 heterocycles. The summed E-state index contributed by atoms with van der Waals surface area (Å²) in [5, 5.41) is 0. The zero-order valence-electron chi connectivity index (χ0n) is 17.8. The molecule has 0 spiro atoms. The number of piperidine rings is 1. The van der Waals surface area contributed by atoms with Gasteiger partial charge in [0, 0.05) is 31.7 Å². The zero-order chi connectivity index (χ0) is 21.0. The van der Waals surface area contributed by atoms with E-state index in [0.29, 0.717) is 12.3 Å². The van der Waals surface area contributed by atoms with E-state index in [1.165, 1.54) is 18.4 Å². The number of nitrogens with zero attached hydrogens (tertiary/aromatic N) is 3. The lowest BCUT2D eigenvalue weighted by atomic mass is 9.97. The lowest BCUT2D eigenvalue weighted by molar-refractivity contribution is -0.128. The van der Waals surface area contributed by atoms with Gasteiger partial charge in [-0.3, -0.25) is 9.78 Å². The molecular weight excluding hydrogens is 390 g/mol. The molecule has 1 aromatic carbocycles. The largest absolute Gasteiger partial charge is 0.454 e. The highest BCUT2D eigenvalue weighted by Crippen LogP contribution is 2.36. The molecule has 2 aromatic rings. The zero-order valence-corrected chi connectivity index (χ0v) is 17.8. The summed E-state index contributed by atoms with van der Waals surface area (Å²) in [5.74, 6) is 2.17. The van der Waals surface area contributed by atoms with Crippen LogP contribution in [-0.4, -0.2) is 53.7 Å². The topological polar surface area (TPSA) is 54.9 Å². The number of hydrogen-bond donors (Lipinski definition) is 0. The lowest BCUT2D eigenvalue weighted by Gasteiger charge is -2.34. The van der Waals surface area contributed by atoms with E-state index < -0.39 is 0 Å². The summed E-state index contributed by atoms with van der Waals surface area (Å²) in [6.07, 6.45) is 12.8. The normalized spacial score (nSPS) is 20.6. The van der Waals surface area contributed by atoms with E-state index in [4.69, 9.17) is 9.47 Å². The van der Waals surface area contributed by atoms with E-state index >= 15 is 0 Å². The Morgan fingerprint density at radius 1 is 1.19 bits per heavy atom. The molecule has 0 aliphatic carbocycles. The van der Waals surface area contributed by atoms with Gasteiger partial charge in [0.2, 0.25) is 12.7 Å². The predicted molar refractivity (Wildman–Crippen MR) is 119 cm³/mol. The quantitative estimate of drug-likeness (QED) is 0.717. The highest BCUT2D eigenvalue weighted by molar-refractivity contribution is 5.84. The Kier molecular flexibility index (Phi) is 5.89. The first-order chi connectivity index (χ1) is 15.2. The first-order valence-corrected chi connectivity index (χ1v) is 11.3. The van der Waals surface area contributed by atoms with Crippen molar-refractivity contribution >= 4 is 12.0 Å². The van der Waals surface area contributed by atoms with Gasteiger partial charge in [0.05, 0.1) is 6.42 Å². The van der Waals surface area contributed by atoms with Crippen molar-refractivity contribution in [2.24, 2.45) is 5.92 Å². The van der Waals surface area contributed by atoms with E-state index in [9.17, 15) is 4.79 Å². The van der Waals surface area contributed by atoms with Crippen molar-refractivity contribution < 1.29 is 14.3 Å². The molecule has 1 fully saturated rings. The molecule has 1 amide bonds. The second kappa shape index (κ2) is 9.10. The summed E-state index contributed by atoms with van der Waals surface area (Å²) in [6, 6.07) is 8.09. The Balaban J connectivity index is 1.16. The van der Waals surface area contributed by atoms with Crippen molar-refractivity contribution in [2.45, 2.75) is 32.1 Å². The molecule has 31 heavy (non-hydrogen) atoms. The van der Waals surface area contributed by atoms with E-state index in [1.54, 1.807) is 0 Å². The van der Waals surface area contributed by atoms with Crippen LogP contribution in [0.4, 0.5) is 0 Å². The third-order valence-electron chi connectivity index (χ3n) is 6.45. The number of aryl methyl sites for hydroxylation is 1. The average Bonchev–Trinajstić information content (AvgIpc) is 3.18. The van der Waals surface area contributed by atoms with Crippen LogP contribution in [0.2, 0.25) is 0 Å². The molecule has 1 unspecified atom stereocenters. The summed E-state index contributed by atoms with van der Waals surface area (Å²) >= 11 is 0. The predicted octanol–water partition coefficient (Wildman–Crippen LogP) is 3.51. The number of pyridine rings is 1. The van der Waals surface area contributed by atoms with Gasteiger partial charge >= 0.3 is 0 Å². The minimum atomic E-state index is 0.155. The molecule has 0 N–H and O–H groups in total. The monoisotopic (exact) mass is 419 g/mol. The third kappa shape index (κ3) is 4.74. The van der Waals surface area contributed by atoms with Crippen LogP contribution in [0.15, 0.2) is 42.9 Å². The van der Waals surface area contributed by atoms with Crippen LogP contribution in [-0.2, 0) is 17.6 Å². The Morgan fingerprint density at radius 2 is 2.10 bits per heavy atom. The number of fused-ring (bicyclic) bond motifs is 2. The molecule has 6 heteroatoms. The van der Waals surface area contributed by atoms with Gasteiger partial charge in [-0.1, -0.05) is 6.07 Å². The molecule has 3 aliphatic heterocycles. The fourth-order valence-corrected chi connectivity index (χ4v) is 4.82. The molecule has 5 rings (SSSR count). The Morgan fingerprint density at radius 3 is 2.97 bits per heavy atom. The van der Waals surface area contributed by atoms with Gasteiger partial charge in [-0.15, -0.1) is 0 Å². The molecular formula is C25H29N3O3. The van der Waals surface area contributed by atoms with Gasteiger partial charge in [0.1, 0.15) is 0 Å². The fourth-order valence-electron chi connectivity index (χ4n) is 4.82. The van der Waals surface area contributed by atoms with Crippen molar-refractivity contribution in [3.8, 4) is 11.5 Å². The summed E-state index contributed by atoms with van der Waals surface area (Å²) in [4.78, 5) is 21.6. The van der Waals surface area contributed by atoms with Crippen LogP contribution in [0.3, 0.4) is 0 Å². The maximum absolute atomic E-state index is 12.9. The molecule has 1 atom stereocenters. The van der Waals surface area contributed by atoms with Crippen molar-refractivity contribution in [1.29, 1.82) is 0 Å². The molecule has 6 nitrogen and oxygen atoms in total. The van der Waals surface area contributed by atoms with Crippen molar-refractivity contribution in [3.63, 3.8) is 0 Å². The van der Waals surface area contributed by atoms with Gasteiger partial charge < -0.3 is 19.3 Å². The average molecular weight is 420 g/mol. The number of likely N-dealkylation sites (tertiary alicyclic amines) is 1. The molecule has 1 aromatic heterocycles. The maximum atomic E-state index is 12.9. The number of hydrogen-bond acceptors (Lipinski definition) is 5. The van der Waals surface area contributed by atoms with Gasteiger partial charge in [-0.05, 0) is 85.7 Å². The molecule has 162 valence electrons. The molecule has 1 saturated heterocycles. The first-order valence-electron chi connectivity index (χ1n) is 11.3. The smallest absolute Gasteiger partial charge is 0.231 e. The maximum Gasteiger partial charge on any atom is 0.231 e. The number of carbonyl (C=O) groups excluding carboxylic acids is 1. The second-order valence-corrected chi connectivity index (χ2v) is 8.72. The van der Waals surface area contributed by atoms with Crippen molar-refractivity contribution in [3.05, 3.63) is 59.5 Å². The SMILES string of the molecule is O=C1Cc2cc3c(cc2C=CN1CC1CCCN(CCCc2cccnc2)C1)OCO3. The minimum Gasteiger partial charge on any atom is -0.454 e. The van der Waals surface area contributed by atoms with E-state index in [0.717, 1.165) is 61.6 Å². The highest BCUT2D eigenvalue weighted by Gasteiger charge is 2.26. The van der Waals surface area contributed by atoms with Crippen LogP contribution in [0, 0.1) is 5.92 Å². The first kappa shape index (κ1) is 20.1. The van der Waals surface area contributed by atoms with Crippen molar-refractivity contribution in [2.75, 3.05) is 33.0 Å². The number of ether oxygens (including phenoxy) is 2. The number of rotatable bonds is 6. The Labute approximate surface area is 183 Å². The second-order valence-electron chi connectivity index (χ2n) is 8.72. The van der Waals surface area contributed by atoms with Gasteiger partial charge in [0.25, 0.3) is 0 Å². The highest BCUT2D eigenvalue weighted by atomic mass is 16.7. The number of carbonyl (C=O) groups is 1. The number of amides is 1. The standard InChI is InChI=1S/C25H29N3O3/c29-25-14-22-13-24-23(30-18-31-24)12-21(22)7-11-28(25)17-20-6-3-10-27(16-20)9-2-5-19-4-1-8-26-15-19/h1,4,7-8,11-13,15,20H,2-3,5-6,9-10,14,16-18H2. The Hall–Kier alpha value is -2.86. The van der Waals surface area contributed by atoms with E-state index in [-0.39, 0.29) is 12.7 Å². The van der Waals surface area contributed by atoms with Crippen LogP contribution >= 0.6 is 0 Å². The van der Waals surface area contributed by atoms with E-state index in [1.807, 2.05) is 47.8 Å². The molecule has 0 bridgehead atoms. The molecule has 0 saturated carbocycles. The lowest BCUT2D eigenvalue weighted by Crippen LogP contribution is -2.41. The van der Waals surface area contributed by atoms with Gasteiger partial charge in [0.15, 0.2) is 11.5 Å². The molecule has 3 aliphatic rings. The van der Waals surface area contributed by atoms with Crippen molar-refractivity contribution in [1.82, 2.24) is 14.8 Å². The van der Waals surface area contributed by atoms with Gasteiger partial charge in [-0.25, -0.2) is 0 Å². The van der Waals surface area contributed by atoms with Crippen LogP contribution < -0.4 is 9.47 Å². The van der Waals surface area contributed by atoms with Crippen LogP contribution in [0.5, 0.6) is 11.5 Å². The van der Waals surface area contributed by atoms with Crippen LogP contribution in [0.1, 0.15) is 36.0 Å². The number of benzene rings is 1. The van der Waals surface area contributed by atoms with Crippen LogP contribution in [0.25, 0.3) is 6.08 Å². The van der Waals surface area contributed by atoms with Gasteiger partial charge in [-0.2, -0.15) is 0 Å². The minimum absolute atomic E-state index is 0.155. The number of aromatic nitrogens is 1. The fraction of sp³-hybridized carbons (Fsp3) is 0.440. The van der Waals surface area contributed by atoms with E-state index in [2.05, 4.69) is 16.0 Å².